The van der Waals surface area contributed by atoms with Gasteiger partial charge in [-0.15, -0.1) is 0 Å². The van der Waals surface area contributed by atoms with Crippen LogP contribution in [0.15, 0.2) is 28.7 Å². The van der Waals surface area contributed by atoms with Crippen LogP contribution in [0.1, 0.15) is 37.6 Å². The van der Waals surface area contributed by atoms with Crippen LogP contribution in [0.4, 0.5) is 14.5 Å². The van der Waals surface area contributed by atoms with Crippen molar-refractivity contribution in [1.82, 2.24) is 0 Å². The molecule has 0 unspecified atom stereocenters. The number of carbonyl (C=O) groups is 2. The van der Waals surface area contributed by atoms with Crippen molar-refractivity contribution in [2.45, 2.75) is 27.4 Å². The van der Waals surface area contributed by atoms with E-state index in [0.717, 1.165) is 35.8 Å². The van der Waals surface area contributed by atoms with Crippen molar-refractivity contribution in [3.63, 3.8) is 0 Å². The molecule has 0 radical (unpaired) electrons. The molecule has 0 aliphatic carbocycles. The molecule has 0 fully saturated rings. The molecule has 3 rings (SSSR count). The van der Waals surface area contributed by atoms with E-state index in [1.54, 1.807) is 6.92 Å². The Balaban J connectivity index is 2.09. The van der Waals surface area contributed by atoms with Gasteiger partial charge in [-0.3, -0.25) is 4.79 Å². The largest absolute Gasteiger partial charge is 0.493 e. The number of rotatable bonds is 6. The van der Waals surface area contributed by atoms with Gasteiger partial charge in [-0.1, -0.05) is 12.1 Å². The van der Waals surface area contributed by atoms with Gasteiger partial charge in [0, 0.05) is 23.1 Å². The highest BCUT2D eigenvalue weighted by molar-refractivity contribution is 6.10. The normalized spacial score (nSPS) is 11.0. The van der Waals surface area contributed by atoms with Crippen molar-refractivity contribution >= 4 is 28.5 Å². The fraction of sp³-hybridized carbons (Fsp3) is 0.273. The smallest absolute Gasteiger partial charge is 0.387 e. The molecule has 0 aliphatic rings. The maximum Gasteiger partial charge on any atom is 0.387 e. The van der Waals surface area contributed by atoms with E-state index < -0.39 is 18.5 Å². The molecule has 1 aromatic heterocycles. The standard InChI is InChI=1S/C22H21F2NO6/c1-10-6-7-11(2)18-17(10)12(3)19(31-18)20(26)25-14-9-16(30-22(23)24)15(28-4)8-13(14)21(27)29-5/h6-9,22H,1-5H3,(H,25,26). The van der Waals surface area contributed by atoms with Crippen molar-refractivity contribution < 1.29 is 37.0 Å². The van der Waals surface area contributed by atoms with E-state index in [1.165, 1.54) is 7.11 Å². The van der Waals surface area contributed by atoms with Crippen LogP contribution >= 0.6 is 0 Å². The predicted molar refractivity (Wildman–Crippen MR) is 109 cm³/mol. The Labute approximate surface area is 176 Å². The van der Waals surface area contributed by atoms with Gasteiger partial charge in [0.2, 0.25) is 0 Å². The second-order valence-electron chi connectivity index (χ2n) is 6.83. The summed E-state index contributed by atoms with van der Waals surface area (Å²) in [5.74, 6) is -1.90. The number of aryl methyl sites for hydroxylation is 3. The van der Waals surface area contributed by atoms with Crippen LogP contribution in [0, 0.1) is 20.8 Å². The van der Waals surface area contributed by atoms with Gasteiger partial charge in [0.25, 0.3) is 5.91 Å². The molecule has 0 saturated carbocycles. The Morgan fingerprint density at radius 2 is 1.71 bits per heavy atom. The average molecular weight is 433 g/mol. The van der Waals surface area contributed by atoms with Crippen molar-refractivity contribution in [2.75, 3.05) is 19.5 Å². The lowest BCUT2D eigenvalue weighted by atomic mass is 10.0. The summed E-state index contributed by atoms with van der Waals surface area (Å²) in [4.78, 5) is 25.2. The molecule has 0 spiro atoms. The highest BCUT2D eigenvalue weighted by atomic mass is 19.3. The number of halogens is 2. The average Bonchev–Trinajstić information content (AvgIpc) is 3.08. The number of hydrogen-bond donors (Lipinski definition) is 1. The van der Waals surface area contributed by atoms with Gasteiger partial charge in [0.1, 0.15) is 5.58 Å². The molecule has 1 heterocycles. The summed E-state index contributed by atoms with van der Waals surface area (Å²) < 4.78 is 45.6. The maximum atomic E-state index is 13.0. The minimum Gasteiger partial charge on any atom is -0.493 e. The molecule has 1 N–H and O–H groups in total. The number of benzene rings is 2. The van der Waals surface area contributed by atoms with E-state index in [4.69, 9.17) is 13.9 Å². The predicted octanol–water partition coefficient (Wildman–Crippen LogP) is 5.01. The molecule has 1 amide bonds. The second-order valence-corrected chi connectivity index (χ2v) is 6.83. The number of anilines is 1. The molecular weight excluding hydrogens is 412 g/mol. The summed E-state index contributed by atoms with van der Waals surface area (Å²) in [6.45, 7) is 2.37. The number of methoxy groups -OCH3 is 2. The van der Waals surface area contributed by atoms with E-state index in [9.17, 15) is 18.4 Å². The first kappa shape index (κ1) is 22.1. The molecule has 0 atom stereocenters. The minimum absolute atomic E-state index is 0.0374. The molecule has 3 aromatic rings. The Bertz CT molecular complexity index is 1170. The number of nitrogens with one attached hydrogen (secondary N) is 1. The molecule has 2 aromatic carbocycles. The van der Waals surface area contributed by atoms with Gasteiger partial charge in [-0.05, 0) is 31.9 Å². The molecule has 0 saturated heterocycles. The van der Waals surface area contributed by atoms with Crippen LogP contribution in [-0.2, 0) is 4.74 Å². The molecule has 0 aliphatic heterocycles. The van der Waals surface area contributed by atoms with E-state index in [-0.39, 0.29) is 28.5 Å². The van der Waals surface area contributed by atoms with Crippen LogP contribution in [0.2, 0.25) is 0 Å². The Hall–Kier alpha value is -3.62. The lowest BCUT2D eigenvalue weighted by molar-refractivity contribution is -0.0511. The summed E-state index contributed by atoms with van der Waals surface area (Å²) in [7, 11) is 2.38. The van der Waals surface area contributed by atoms with E-state index in [0.29, 0.717) is 11.1 Å². The van der Waals surface area contributed by atoms with Crippen molar-refractivity contribution in [2.24, 2.45) is 0 Å². The van der Waals surface area contributed by atoms with Crippen LogP contribution < -0.4 is 14.8 Å². The lowest BCUT2D eigenvalue weighted by Gasteiger charge is -2.15. The van der Waals surface area contributed by atoms with Gasteiger partial charge in [-0.2, -0.15) is 8.78 Å². The zero-order valence-electron chi connectivity index (χ0n) is 17.6. The third-order valence-electron chi connectivity index (χ3n) is 4.86. The number of alkyl halides is 2. The van der Waals surface area contributed by atoms with E-state index in [1.807, 2.05) is 26.0 Å². The van der Waals surface area contributed by atoms with Crippen molar-refractivity contribution in [3.05, 3.63) is 52.3 Å². The fourth-order valence-electron chi connectivity index (χ4n) is 3.36. The van der Waals surface area contributed by atoms with Crippen LogP contribution in [0.3, 0.4) is 0 Å². The summed E-state index contributed by atoms with van der Waals surface area (Å²) >= 11 is 0. The summed E-state index contributed by atoms with van der Waals surface area (Å²) in [5.41, 5.74) is 2.79. The van der Waals surface area contributed by atoms with E-state index >= 15 is 0 Å². The van der Waals surface area contributed by atoms with E-state index in [2.05, 4.69) is 10.1 Å². The number of fused-ring (bicyclic) bond motifs is 1. The van der Waals surface area contributed by atoms with Gasteiger partial charge >= 0.3 is 12.6 Å². The first-order chi connectivity index (χ1) is 14.7. The Morgan fingerprint density at radius 3 is 2.29 bits per heavy atom. The quantitative estimate of drug-likeness (QED) is 0.550. The monoisotopic (exact) mass is 433 g/mol. The van der Waals surface area contributed by atoms with Gasteiger partial charge in [0.05, 0.1) is 25.5 Å². The Morgan fingerprint density at radius 1 is 1.03 bits per heavy atom. The number of ether oxygens (including phenoxy) is 3. The highest BCUT2D eigenvalue weighted by Crippen LogP contribution is 2.36. The zero-order chi connectivity index (χ0) is 22.9. The van der Waals surface area contributed by atoms with Crippen molar-refractivity contribution in [1.29, 1.82) is 0 Å². The molecule has 7 nitrogen and oxygen atoms in total. The van der Waals surface area contributed by atoms with Crippen LogP contribution in [0.5, 0.6) is 11.5 Å². The third kappa shape index (κ3) is 4.16. The first-order valence-electron chi connectivity index (χ1n) is 9.23. The second kappa shape index (κ2) is 8.63. The van der Waals surface area contributed by atoms with Crippen LogP contribution in [-0.4, -0.2) is 32.7 Å². The van der Waals surface area contributed by atoms with Gasteiger partial charge in [0.15, 0.2) is 17.3 Å². The molecule has 164 valence electrons. The summed E-state index contributed by atoms with van der Waals surface area (Å²) in [5, 5.41) is 3.35. The number of esters is 1. The molecule has 0 bridgehead atoms. The fourth-order valence-corrected chi connectivity index (χ4v) is 3.36. The van der Waals surface area contributed by atoms with Crippen molar-refractivity contribution in [3.8, 4) is 11.5 Å². The Kier molecular flexibility index (Phi) is 6.14. The lowest BCUT2D eigenvalue weighted by Crippen LogP contribution is -2.16. The van der Waals surface area contributed by atoms with Gasteiger partial charge in [-0.25, -0.2) is 4.79 Å². The molecule has 9 heteroatoms. The van der Waals surface area contributed by atoms with Crippen LogP contribution in [0.25, 0.3) is 11.0 Å². The number of amides is 1. The first-order valence-corrected chi connectivity index (χ1v) is 9.23. The number of hydrogen-bond acceptors (Lipinski definition) is 6. The number of furan rings is 1. The number of carbonyl (C=O) groups excluding carboxylic acids is 2. The summed E-state index contributed by atoms with van der Waals surface area (Å²) in [6, 6.07) is 6.03. The highest BCUT2D eigenvalue weighted by Gasteiger charge is 2.24. The third-order valence-corrected chi connectivity index (χ3v) is 4.86. The SMILES string of the molecule is COC(=O)c1cc(OC)c(OC(F)F)cc1NC(=O)c1oc2c(C)ccc(C)c2c1C. The molecular formula is C22H21F2NO6. The zero-order valence-corrected chi connectivity index (χ0v) is 17.6. The van der Waals surface area contributed by atoms with Gasteiger partial charge < -0.3 is 23.9 Å². The maximum absolute atomic E-state index is 13.0. The summed E-state index contributed by atoms with van der Waals surface area (Å²) in [6.07, 6.45) is 0. The minimum atomic E-state index is -3.13. The molecule has 31 heavy (non-hydrogen) atoms. The topological polar surface area (TPSA) is 87.0 Å².